The van der Waals surface area contributed by atoms with Crippen LogP contribution in [-0.2, 0) is 12.6 Å². The van der Waals surface area contributed by atoms with Gasteiger partial charge in [0.05, 0.1) is 12.1 Å². The lowest BCUT2D eigenvalue weighted by Gasteiger charge is -2.11. The second-order valence-corrected chi connectivity index (χ2v) is 5.72. The Labute approximate surface area is 142 Å². The van der Waals surface area contributed by atoms with Crippen LogP contribution in [0.25, 0.3) is 4.85 Å². The van der Waals surface area contributed by atoms with Gasteiger partial charge in [0.25, 0.3) is 0 Å². The number of Topliss-reactive ketones (excluding diaryl/α,β-unsaturated/α-hetero) is 1. The SMILES string of the molecule is [C-]#[N+]c1ccc(CC(=S)CC(=O)c2ccccc2)cc1C(F)(F)F. The first-order valence-electron chi connectivity index (χ1n) is 6.99. The quantitative estimate of drug-likeness (QED) is 0.408. The number of alkyl halides is 3. The van der Waals surface area contributed by atoms with Crippen molar-refractivity contribution >= 4 is 28.6 Å². The van der Waals surface area contributed by atoms with Gasteiger partial charge >= 0.3 is 6.18 Å². The maximum absolute atomic E-state index is 13.0. The van der Waals surface area contributed by atoms with E-state index in [0.717, 1.165) is 12.1 Å². The fourth-order valence-corrected chi connectivity index (χ4v) is 2.51. The Morgan fingerprint density at radius 2 is 1.79 bits per heavy atom. The number of carbonyl (C=O) groups excluding carboxylic acids is 1. The van der Waals surface area contributed by atoms with E-state index in [-0.39, 0.29) is 18.6 Å². The summed E-state index contributed by atoms with van der Waals surface area (Å²) in [4.78, 5) is 15.3. The Morgan fingerprint density at radius 3 is 2.38 bits per heavy atom. The van der Waals surface area contributed by atoms with Crippen molar-refractivity contribution in [1.29, 1.82) is 0 Å². The molecule has 2 rings (SSSR count). The number of thiocarbonyl (C=S) groups is 1. The Bertz CT molecular complexity index is 807. The zero-order chi connectivity index (χ0) is 17.7. The minimum atomic E-state index is -4.60. The number of ketones is 1. The van der Waals surface area contributed by atoms with E-state index in [2.05, 4.69) is 4.85 Å². The fourth-order valence-electron chi connectivity index (χ4n) is 2.21. The monoisotopic (exact) mass is 347 g/mol. The van der Waals surface area contributed by atoms with Crippen molar-refractivity contribution < 1.29 is 18.0 Å². The molecule has 0 fully saturated rings. The van der Waals surface area contributed by atoms with Crippen molar-refractivity contribution in [2.75, 3.05) is 0 Å². The highest BCUT2D eigenvalue weighted by Crippen LogP contribution is 2.37. The molecule has 0 radical (unpaired) electrons. The van der Waals surface area contributed by atoms with Gasteiger partial charge in [0.1, 0.15) is 0 Å². The Hall–Kier alpha value is -2.52. The topological polar surface area (TPSA) is 21.4 Å². The standard InChI is InChI=1S/C18H12F3NOS/c1-22-16-8-7-12(10-15(16)18(19,20)21)9-14(24)11-17(23)13-5-3-2-4-6-13/h2-8,10H,9,11H2. The molecule has 0 spiro atoms. The first kappa shape index (κ1) is 17.8. The normalized spacial score (nSPS) is 10.9. The summed E-state index contributed by atoms with van der Waals surface area (Å²) in [6.07, 6.45) is -4.53. The predicted molar refractivity (Wildman–Crippen MR) is 89.4 cm³/mol. The second kappa shape index (κ2) is 7.37. The van der Waals surface area contributed by atoms with Gasteiger partial charge in [-0.05, 0) is 5.56 Å². The zero-order valence-electron chi connectivity index (χ0n) is 12.4. The van der Waals surface area contributed by atoms with Crippen LogP contribution in [0.2, 0.25) is 0 Å². The number of rotatable bonds is 5. The van der Waals surface area contributed by atoms with Crippen LogP contribution < -0.4 is 0 Å². The number of carbonyl (C=O) groups is 1. The summed E-state index contributed by atoms with van der Waals surface area (Å²) < 4.78 is 38.9. The summed E-state index contributed by atoms with van der Waals surface area (Å²) in [5.74, 6) is -0.172. The average molecular weight is 347 g/mol. The zero-order valence-corrected chi connectivity index (χ0v) is 13.2. The summed E-state index contributed by atoms with van der Waals surface area (Å²) in [6.45, 7) is 6.82. The Morgan fingerprint density at radius 1 is 1.12 bits per heavy atom. The minimum absolute atomic E-state index is 0.00866. The molecular weight excluding hydrogens is 335 g/mol. The third-order valence-electron chi connectivity index (χ3n) is 3.34. The summed E-state index contributed by atoms with van der Waals surface area (Å²) in [7, 11) is 0. The molecule has 0 unspecified atom stereocenters. The molecule has 6 heteroatoms. The van der Waals surface area contributed by atoms with Crippen LogP contribution >= 0.6 is 12.2 Å². The van der Waals surface area contributed by atoms with Crippen molar-refractivity contribution in [2.24, 2.45) is 0 Å². The van der Waals surface area contributed by atoms with E-state index < -0.39 is 17.4 Å². The molecule has 0 bridgehead atoms. The fraction of sp³-hybridized carbons (Fsp3) is 0.167. The number of hydrogen-bond acceptors (Lipinski definition) is 2. The summed E-state index contributed by atoms with van der Waals surface area (Å²) in [6, 6.07) is 12.1. The summed E-state index contributed by atoms with van der Waals surface area (Å²) in [5.41, 5.74) is -0.579. The highest BCUT2D eigenvalue weighted by molar-refractivity contribution is 7.80. The van der Waals surface area contributed by atoms with Crippen LogP contribution in [0.3, 0.4) is 0 Å². The number of hydrogen-bond donors (Lipinski definition) is 0. The van der Waals surface area contributed by atoms with E-state index in [9.17, 15) is 18.0 Å². The number of benzene rings is 2. The van der Waals surface area contributed by atoms with E-state index in [0.29, 0.717) is 16.0 Å². The van der Waals surface area contributed by atoms with Gasteiger partial charge in [-0.15, -0.1) is 0 Å². The molecule has 0 aliphatic rings. The van der Waals surface area contributed by atoms with Gasteiger partial charge in [0.2, 0.25) is 0 Å². The first-order chi connectivity index (χ1) is 11.3. The highest BCUT2D eigenvalue weighted by atomic mass is 32.1. The van der Waals surface area contributed by atoms with Crippen molar-refractivity contribution in [3.05, 3.63) is 76.6 Å². The Balaban J connectivity index is 2.12. The van der Waals surface area contributed by atoms with Crippen LogP contribution in [-0.4, -0.2) is 10.6 Å². The first-order valence-corrected chi connectivity index (χ1v) is 7.39. The van der Waals surface area contributed by atoms with Crippen molar-refractivity contribution in [3.8, 4) is 0 Å². The van der Waals surface area contributed by atoms with Crippen LogP contribution in [0.4, 0.5) is 18.9 Å². The van der Waals surface area contributed by atoms with Gasteiger partial charge < -0.3 is 0 Å². The summed E-state index contributed by atoms with van der Waals surface area (Å²) >= 11 is 5.15. The maximum atomic E-state index is 13.0. The number of nitrogens with zero attached hydrogens (tertiary/aromatic N) is 1. The van der Waals surface area contributed by atoms with Gasteiger partial charge in [-0.2, -0.15) is 13.2 Å². The molecule has 0 N–H and O–H groups in total. The molecule has 0 heterocycles. The van der Waals surface area contributed by atoms with Crippen LogP contribution in [0, 0.1) is 6.57 Å². The molecule has 0 aromatic heterocycles. The van der Waals surface area contributed by atoms with Gasteiger partial charge in [-0.25, -0.2) is 4.85 Å². The molecule has 2 nitrogen and oxygen atoms in total. The van der Waals surface area contributed by atoms with Crippen LogP contribution in [0.5, 0.6) is 0 Å². The molecular formula is C18H12F3NOS. The smallest absolute Gasteiger partial charge is 0.294 e. The molecule has 2 aromatic carbocycles. The lowest BCUT2D eigenvalue weighted by Crippen LogP contribution is -2.10. The molecule has 0 aliphatic carbocycles. The van der Waals surface area contributed by atoms with Gasteiger partial charge in [-0.3, -0.25) is 4.79 Å². The lowest BCUT2D eigenvalue weighted by molar-refractivity contribution is -0.136. The van der Waals surface area contributed by atoms with Gasteiger partial charge in [-0.1, -0.05) is 60.7 Å². The third-order valence-corrected chi connectivity index (χ3v) is 3.63. The molecule has 122 valence electrons. The van der Waals surface area contributed by atoms with Crippen molar-refractivity contribution in [2.45, 2.75) is 19.0 Å². The predicted octanol–water partition coefficient (Wildman–Crippen LogP) is 5.44. The Kier molecular flexibility index (Phi) is 5.47. The maximum Gasteiger partial charge on any atom is 0.407 e. The molecule has 0 saturated carbocycles. The van der Waals surface area contributed by atoms with Crippen molar-refractivity contribution in [1.82, 2.24) is 0 Å². The van der Waals surface area contributed by atoms with Crippen LogP contribution in [0.15, 0.2) is 48.5 Å². The van der Waals surface area contributed by atoms with E-state index in [4.69, 9.17) is 18.8 Å². The highest BCUT2D eigenvalue weighted by Gasteiger charge is 2.33. The second-order valence-electron chi connectivity index (χ2n) is 5.14. The molecule has 2 aromatic rings. The largest absolute Gasteiger partial charge is 0.407 e. The molecule has 0 amide bonds. The molecule has 0 aliphatic heterocycles. The average Bonchev–Trinajstić information content (AvgIpc) is 2.54. The van der Waals surface area contributed by atoms with Gasteiger partial charge in [0.15, 0.2) is 11.5 Å². The lowest BCUT2D eigenvalue weighted by atomic mass is 10.0. The van der Waals surface area contributed by atoms with E-state index in [1.165, 1.54) is 6.07 Å². The molecule has 0 saturated heterocycles. The molecule has 24 heavy (non-hydrogen) atoms. The number of halogens is 3. The van der Waals surface area contributed by atoms with E-state index in [1.54, 1.807) is 30.3 Å². The summed E-state index contributed by atoms with van der Waals surface area (Å²) in [5, 5.41) is 0. The molecule has 0 atom stereocenters. The van der Waals surface area contributed by atoms with E-state index in [1.807, 2.05) is 0 Å². The van der Waals surface area contributed by atoms with E-state index >= 15 is 0 Å². The minimum Gasteiger partial charge on any atom is -0.294 e. The van der Waals surface area contributed by atoms with Crippen molar-refractivity contribution in [3.63, 3.8) is 0 Å². The third kappa shape index (κ3) is 4.49. The van der Waals surface area contributed by atoms with Gasteiger partial charge in [0, 0.05) is 23.3 Å². The van der Waals surface area contributed by atoms with Crippen LogP contribution in [0.1, 0.15) is 27.9 Å².